The average Bonchev–Trinajstić information content (AvgIpc) is 2.90. The Morgan fingerprint density at radius 2 is 1.89 bits per heavy atom. The van der Waals surface area contributed by atoms with E-state index in [0.717, 1.165) is 11.1 Å². The summed E-state index contributed by atoms with van der Waals surface area (Å²) in [6.45, 7) is 4.67. The number of halogens is 1. The zero-order valence-electron chi connectivity index (χ0n) is 21.2. The van der Waals surface area contributed by atoms with Crippen LogP contribution in [-0.4, -0.2) is 19.7 Å². The molecule has 0 aromatic heterocycles. The zero-order chi connectivity index (χ0) is 27.2. The maximum Gasteiger partial charge on any atom is 0.336 e. The second-order valence-electron chi connectivity index (χ2n) is 9.05. The fraction of sp³-hybridized carbons (Fsp3) is 0.200. The third kappa shape index (κ3) is 6.10. The fourth-order valence-electron chi connectivity index (χ4n) is 3.97. The molecule has 1 aliphatic rings. The van der Waals surface area contributed by atoms with Crippen molar-refractivity contribution in [3.63, 3.8) is 0 Å². The van der Waals surface area contributed by atoms with Crippen LogP contribution < -0.4 is 24.7 Å². The smallest absolute Gasteiger partial charge is 0.336 e. The molecule has 38 heavy (non-hydrogen) atoms. The second kappa shape index (κ2) is 11.8. The Morgan fingerprint density at radius 3 is 2.58 bits per heavy atom. The van der Waals surface area contributed by atoms with Gasteiger partial charge in [0.05, 0.1) is 19.6 Å². The third-order valence-electron chi connectivity index (χ3n) is 5.78. The van der Waals surface area contributed by atoms with Crippen LogP contribution in [0.3, 0.4) is 0 Å². The van der Waals surface area contributed by atoms with Gasteiger partial charge in [-0.25, -0.2) is 4.79 Å². The van der Waals surface area contributed by atoms with Gasteiger partial charge in [0, 0.05) is 22.7 Å². The lowest BCUT2D eigenvalue weighted by Crippen LogP contribution is -2.21. The maximum atomic E-state index is 12.4. The number of ether oxygens (including phenoxy) is 4. The minimum absolute atomic E-state index is 0.0183. The van der Waals surface area contributed by atoms with Crippen molar-refractivity contribution in [1.29, 1.82) is 5.26 Å². The average molecular weight is 531 g/mol. The van der Waals surface area contributed by atoms with Gasteiger partial charge < -0.3 is 24.7 Å². The van der Waals surface area contributed by atoms with Crippen LogP contribution in [-0.2, 0) is 4.79 Å². The van der Waals surface area contributed by atoms with Gasteiger partial charge >= 0.3 is 5.97 Å². The van der Waals surface area contributed by atoms with Gasteiger partial charge in [-0.1, -0.05) is 49.7 Å². The summed E-state index contributed by atoms with van der Waals surface area (Å²) in [5.41, 5.74) is 8.69. The number of carbonyl (C=O) groups excluding carboxylic acids is 1. The molecule has 8 heteroatoms. The van der Waals surface area contributed by atoms with Crippen molar-refractivity contribution < 1.29 is 23.7 Å². The molecular weight excluding hydrogens is 504 g/mol. The number of hydrogen-bond acceptors (Lipinski definition) is 7. The second-order valence-corrected chi connectivity index (χ2v) is 9.48. The van der Waals surface area contributed by atoms with E-state index in [4.69, 9.17) is 36.3 Å². The Kier molecular flexibility index (Phi) is 8.25. The van der Waals surface area contributed by atoms with Gasteiger partial charge in [-0.3, -0.25) is 0 Å². The monoisotopic (exact) mass is 530 g/mol. The summed E-state index contributed by atoms with van der Waals surface area (Å²) < 4.78 is 22.6. The normalized spacial score (nSPS) is 14.6. The molecule has 3 aromatic rings. The van der Waals surface area contributed by atoms with E-state index in [0.29, 0.717) is 40.4 Å². The van der Waals surface area contributed by atoms with E-state index in [-0.39, 0.29) is 17.2 Å². The molecule has 0 aliphatic carbocycles. The number of hydrogen-bond donors (Lipinski definition) is 1. The molecule has 4 rings (SSSR count). The molecule has 1 unspecified atom stereocenters. The van der Waals surface area contributed by atoms with Gasteiger partial charge in [-0.05, 0) is 53.5 Å². The zero-order valence-corrected chi connectivity index (χ0v) is 22.0. The van der Waals surface area contributed by atoms with Crippen molar-refractivity contribution in [3.8, 4) is 29.1 Å². The summed E-state index contributed by atoms with van der Waals surface area (Å²) in [5.74, 6) is 1.09. The summed E-state index contributed by atoms with van der Waals surface area (Å²) in [6.07, 6.45) is 2.95. The minimum atomic E-state index is -0.560. The number of nitriles is 1. The predicted molar refractivity (Wildman–Crippen MR) is 145 cm³/mol. The molecule has 0 saturated carbocycles. The highest BCUT2D eigenvalue weighted by Gasteiger charge is 2.31. The molecule has 3 aromatic carbocycles. The van der Waals surface area contributed by atoms with E-state index < -0.39 is 11.9 Å². The summed E-state index contributed by atoms with van der Waals surface area (Å²) >= 11 is 5.89. The molecule has 0 saturated heterocycles. The van der Waals surface area contributed by atoms with Gasteiger partial charge in [-0.15, -0.1) is 0 Å². The van der Waals surface area contributed by atoms with Crippen molar-refractivity contribution >= 4 is 23.6 Å². The first-order valence-electron chi connectivity index (χ1n) is 12.0. The quantitative estimate of drug-likeness (QED) is 0.209. The van der Waals surface area contributed by atoms with E-state index in [1.165, 1.54) is 6.08 Å². The van der Waals surface area contributed by atoms with Crippen LogP contribution >= 0.6 is 11.6 Å². The van der Waals surface area contributed by atoms with Crippen molar-refractivity contribution in [2.45, 2.75) is 19.8 Å². The molecular formula is C30H27ClN2O5. The number of carbonyl (C=O) groups is 1. The third-order valence-corrected chi connectivity index (χ3v) is 6.04. The first-order chi connectivity index (χ1) is 18.3. The standard InChI is InChI=1S/C30H27ClN2O5/c1-18(2)17-36-25-12-7-20(14-27(25)35-3)29-23-11-10-22(15-26(23)38-30(33)24(29)16-32)37-28(34)13-6-19-4-8-21(31)9-5-19/h4-15,18,29H,17,33H2,1-3H3/b13-6+. The Balaban J connectivity index is 1.60. The molecule has 0 fully saturated rings. The predicted octanol–water partition coefficient (Wildman–Crippen LogP) is 6.22. The van der Waals surface area contributed by atoms with Crippen molar-refractivity contribution in [1.82, 2.24) is 0 Å². The summed E-state index contributed by atoms with van der Waals surface area (Å²) in [6, 6.07) is 19.7. The Bertz CT molecular complexity index is 1440. The van der Waals surface area contributed by atoms with Crippen LogP contribution in [0.2, 0.25) is 5.02 Å². The van der Waals surface area contributed by atoms with Crippen LogP contribution in [0.1, 0.15) is 36.5 Å². The number of nitrogens with two attached hydrogens (primary N) is 1. The molecule has 2 N–H and O–H groups in total. The number of esters is 1. The lowest BCUT2D eigenvalue weighted by atomic mass is 9.83. The van der Waals surface area contributed by atoms with Gasteiger partial charge in [0.1, 0.15) is 23.1 Å². The fourth-order valence-corrected chi connectivity index (χ4v) is 4.10. The molecule has 0 spiro atoms. The lowest BCUT2D eigenvalue weighted by Gasteiger charge is -2.27. The highest BCUT2D eigenvalue weighted by atomic mass is 35.5. The first kappa shape index (κ1) is 26.6. The molecule has 1 atom stereocenters. The minimum Gasteiger partial charge on any atom is -0.493 e. The number of rotatable bonds is 8. The Labute approximate surface area is 226 Å². The number of methoxy groups -OCH3 is 1. The highest BCUT2D eigenvalue weighted by molar-refractivity contribution is 6.30. The number of allylic oxidation sites excluding steroid dienone is 1. The van der Waals surface area contributed by atoms with Crippen LogP contribution in [0.5, 0.6) is 23.0 Å². The Morgan fingerprint density at radius 1 is 1.13 bits per heavy atom. The Hall–Kier alpha value is -4.41. The lowest BCUT2D eigenvalue weighted by molar-refractivity contribution is -0.128. The van der Waals surface area contributed by atoms with Gasteiger partial charge in [0.2, 0.25) is 5.88 Å². The van der Waals surface area contributed by atoms with E-state index in [1.54, 1.807) is 55.7 Å². The molecule has 7 nitrogen and oxygen atoms in total. The molecule has 0 amide bonds. The molecule has 1 heterocycles. The van der Waals surface area contributed by atoms with E-state index in [1.807, 2.05) is 18.2 Å². The summed E-state index contributed by atoms with van der Waals surface area (Å²) in [7, 11) is 1.57. The SMILES string of the molecule is COc1cc(C2C(C#N)=C(N)Oc3cc(OC(=O)/C=C/c4ccc(Cl)cc4)ccc32)ccc1OCC(C)C. The van der Waals surface area contributed by atoms with E-state index in [9.17, 15) is 10.1 Å². The number of benzene rings is 3. The van der Waals surface area contributed by atoms with Gasteiger partial charge in [-0.2, -0.15) is 5.26 Å². The highest BCUT2D eigenvalue weighted by Crippen LogP contribution is 2.45. The molecule has 1 aliphatic heterocycles. The number of nitrogens with zero attached hydrogens (tertiary/aromatic N) is 1. The number of fused-ring (bicyclic) bond motifs is 1. The topological polar surface area (TPSA) is 104 Å². The van der Waals surface area contributed by atoms with Crippen LogP contribution in [0.25, 0.3) is 6.08 Å². The van der Waals surface area contributed by atoms with Gasteiger partial charge in [0.15, 0.2) is 11.5 Å². The first-order valence-corrected chi connectivity index (χ1v) is 12.3. The van der Waals surface area contributed by atoms with Crippen LogP contribution in [0.4, 0.5) is 0 Å². The van der Waals surface area contributed by atoms with Gasteiger partial charge in [0.25, 0.3) is 0 Å². The summed E-state index contributed by atoms with van der Waals surface area (Å²) in [4.78, 5) is 12.4. The van der Waals surface area contributed by atoms with Crippen LogP contribution in [0.15, 0.2) is 78.2 Å². The maximum absolute atomic E-state index is 12.4. The largest absolute Gasteiger partial charge is 0.493 e. The van der Waals surface area contributed by atoms with Crippen molar-refractivity contribution in [3.05, 3.63) is 99.9 Å². The van der Waals surface area contributed by atoms with Crippen molar-refractivity contribution in [2.24, 2.45) is 11.7 Å². The van der Waals surface area contributed by atoms with E-state index >= 15 is 0 Å². The summed E-state index contributed by atoms with van der Waals surface area (Å²) in [5, 5.41) is 10.5. The van der Waals surface area contributed by atoms with Crippen molar-refractivity contribution in [2.75, 3.05) is 13.7 Å². The molecule has 0 bridgehead atoms. The van der Waals surface area contributed by atoms with E-state index in [2.05, 4.69) is 19.9 Å². The van der Waals surface area contributed by atoms with Crippen LogP contribution in [0, 0.1) is 17.2 Å². The molecule has 0 radical (unpaired) electrons. The molecule has 194 valence electrons.